The molecule has 3 aromatic rings. The number of carbonyl (C=O) groups excluding carboxylic acids is 2. The van der Waals surface area contributed by atoms with E-state index in [-0.39, 0.29) is 31.4 Å². The first kappa shape index (κ1) is 20.1. The van der Waals surface area contributed by atoms with Crippen LogP contribution in [0.2, 0.25) is 0 Å². The predicted molar refractivity (Wildman–Crippen MR) is 109 cm³/mol. The lowest BCUT2D eigenvalue weighted by atomic mass is 10.1. The number of rotatable bonds is 8. The molecular formula is C21H23N5O3. The molecule has 2 aromatic carbocycles. The van der Waals surface area contributed by atoms with Crippen molar-refractivity contribution >= 4 is 17.5 Å². The number of nitrogens with one attached hydrogen (secondary N) is 2. The third kappa shape index (κ3) is 5.65. The molecule has 2 N–H and O–H groups in total. The van der Waals surface area contributed by atoms with Crippen molar-refractivity contribution in [3.63, 3.8) is 0 Å². The van der Waals surface area contributed by atoms with Crippen LogP contribution in [0.5, 0.6) is 5.75 Å². The fourth-order valence-corrected chi connectivity index (χ4v) is 2.78. The zero-order chi connectivity index (χ0) is 20.6. The average molecular weight is 393 g/mol. The Morgan fingerprint density at radius 1 is 1.03 bits per heavy atom. The van der Waals surface area contributed by atoms with Crippen LogP contribution in [0.3, 0.4) is 0 Å². The number of ether oxygens (including phenoxy) is 1. The molecule has 3 rings (SSSR count). The first-order chi connectivity index (χ1) is 14.0. The van der Waals surface area contributed by atoms with E-state index in [0.29, 0.717) is 5.69 Å². The molecule has 0 saturated carbocycles. The highest BCUT2D eigenvalue weighted by molar-refractivity contribution is 5.94. The van der Waals surface area contributed by atoms with Gasteiger partial charge in [-0.15, -0.1) is 0 Å². The summed E-state index contributed by atoms with van der Waals surface area (Å²) in [7, 11) is 0. The molecule has 8 heteroatoms. The van der Waals surface area contributed by atoms with Gasteiger partial charge in [0.15, 0.2) is 0 Å². The molecule has 0 atom stereocenters. The van der Waals surface area contributed by atoms with E-state index in [2.05, 4.69) is 20.7 Å². The lowest BCUT2D eigenvalue weighted by Crippen LogP contribution is -2.33. The first-order valence-corrected chi connectivity index (χ1v) is 9.23. The molecule has 0 saturated heterocycles. The number of anilines is 1. The Kier molecular flexibility index (Phi) is 6.57. The van der Waals surface area contributed by atoms with Crippen molar-refractivity contribution in [2.75, 3.05) is 18.5 Å². The summed E-state index contributed by atoms with van der Waals surface area (Å²) in [5, 5.41) is 9.37. The summed E-state index contributed by atoms with van der Waals surface area (Å²) in [5.41, 5.74) is 3.52. The van der Waals surface area contributed by atoms with Gasteiger partial charge < -0.3 is 15.4 Å². The Balaban J connectivity index is 1.39. The van der Waals surface area contributed by atoms with E-state index in [1.807, 2.05) is 44.2 Å². The lowest BCUT2D eigenvalue weighted by molar-refractivity contribution is -0.124. The molecule has 0 spiro atoms. The molecule has 0 unspecified atom stereocenters. The van der Waals surface area contributed by atoms with Gasteiger partial charge in [-0.1, -0.05) is 18.2 Å². The fourth-order valence-electron chi connectivity index (χ4n) is 2.78. The van der Waals surface area contributed by atoms with Gasteiger partial charge in [-0.3, -0.25) is 9.59 Å². The van der Waals surface area contributed by atoms with Gasteiger partial charge in [0.1, 0.15) is 18.4 Å². The van der Waals surface area contributed by atoms with Crippen LogP contribution in [0.4, 0.5) is 5.69 Å². The predicted octanol–water partition coefficient (Wildman–Crippen LogP) is 2.41. The Bertz CT molecular complexity index is 948. The van der Waals surface area contributed by atoms with Crippen molar-refractivity contribution in [3.05, 3.63) is 66.2 Å². The minimum Gasteiger partial charge on any atom is -0.493 e. The van der Waals surface area contributed by atoms with Crippen molar-refractivity contribution in [3.8, 4) is 11.4 Å². The molecule has 150 valence electrons. The molecule has 1 heterocycles. The highest BCUT2D eigenvalue weighted by atomic mass is 16.5. The Hall–Kier alpha value is -3.68. The topological polar surface area (TPSA) is 98.1 Å². The van der Waals surface area contributed by atoms with Crippen LogP contribution in [0.25, 0.3) is 5.69 Å². The van der Waals surface area contributed by atoms with Gasteiger partial charge >= 0.3 is 0 Å². The van der Waals surface area contributed by atoms with Gasteiger partial charge in [0.2, 0.25) is 11.8 Å². The van der Waals surface area contributed by atoms with E-state index in [1.54, 1.807) is 23.1 Å². The van der Waals surface area contributed by atoms with Crippen molar-refractivity contribution in [2.24, 2.45) is 0 Å². The summed E-state index contributed by atoms with van der Waals surface area (Å²) in [6.45, 7) is 4.08. The van der Waals surface area contributed by atoms with E-state index >= 15 is 0 Å². The van der Waals surface area contributed by atoms with Gasteiger partial charge in [-0.05, 0) is 49.2 Å². The number of carbonyl (C=O) groups is 2. The lowest BCUT2D eigenvalue weighted by Gasteiger charge is -2.12. The van der Waals surface area contributed by atoms with Crippen LogP contribution in [-0.4, -0.2) is 39.7 Å². The van der Waals surface area contributed by atoms with Gasteiger partial charge in [0, 0.05) is 5.69 Å². The molecule has 0 aliphatic carbocycles. The minimum atomic E-state index is -0.303. The summed E-state index contributed by atoms with van der Waals surface area (Å²) >= 11 is 0. The van der Waals surface area contributed by atoms with Crippen molar-refractivity contribution in [1.29, 1.82) is 0 Å². The third-order valence-electron chi connectivity index (χ3n) is 4.26. The molecule has 2 amide bonds. The van der Waals surface area contributed by atoms with Gasteiger partial charge in [-0.2, -0.15) is 5.10 Å². The molecular weight excluding hydrogens is 370 g/mol. The SMILES string of the molecule is Cc1cccc(C)c1OCCC(=O)NCC(=O)Nc1ccc(-n2cncn2)cc1. The summed E-state index contributed by atoms with van der Waals surface area (Å²) in [6.07, 6.45) is 3.21. The van der Waals surface area contributed by atoms with E-state index in [0.717, 1.165) is 22.6 Å². The number of hydrogen-bond donors (Lipinski definition) is 2. The normalized spacial score (nSPS) is 10.4. The Labute approximate surface area is 168 Å². The molecule has 0 bridgehead atoms. The van der Waals surface area contributed by atoms with Crippen molar-refractivity contribution in [1.82, 2.24) is 20.1 Å². The van der Waals surface area contributed by atoms with Crippen LogP contribution in [0.1, 0.15) is 17.5 Å². The van der Waals surface area contributed by atoms with Crippen molar-refractivity contribution < 1.29 is 14.3 Å². The average Bonchev–Trinajstić information content (AvgIpc) is 3.24. The Morgan fingerprint density at radius 3 is 2.41 bits per heavy atom. The van der Waals surface area contributed by atoms with E-state index in [4.69, 9.17) is 4.74 Å². The quantitative estimate of drug-likeness (QED) is 0.612. The van der Waals surface area contributed by atoms with Gasteiger partial charge in [0.25, 0.3) is 0 Å². The van der Waals surface area contributed by atoms with Crippen LogP contribution >= 0.6 is 0 Å². The summed E-state index contributed by atoms with van der Waals surface area (Å²) in [6, 6.07) is 13.0. The maximum atomic E-state index is 12.0. The van der Waals surface area contributed by atoms with E-state index in [9.17, 15) is 9.59 Å². The maximum absolute atomic E-state index is 12.0. The first-order valence-electron chi connectivity index (χ1n) is 9.23. The van der Waals surface area contributed by atoms with Crippen LogP contribution < -0.4 is 15.4 Å². The largest absolute Gasteiger partial charge is 0.493 e. The second-order valence-corrected chi connectivity index (χ2v) is 6.53. The highest BCUT2D eigenvalue weighted by Gasteiger charge is 2.08. The zero-order valence-electron chi connectivity index (χ0n) is 16.4. The highest BCUT2D eigenvalue weighted by Crippen LogP contribution is 2.22. The zero-order valence-corrected chi connectivity index (χ0v) is 16.4. The number of benzene rings is 2. The number of nitrogens with zero attached hydrogens (tertiary/aromatic N) is 3. The second kappa shape index (κ2) is 9.50. The van der Waals surface area contributed by atoms with Gasteiger partial charge in [0.05, 0.1) is 25.3 Å². The standard InChI is InChI=1S/C21H23N5O3/c1-15-4-3-5-16(2)21(15)29-11-10-19(27)23-12-20(28)25-17-6-8-18(9-7-17)26-14-22-13-24-26/h3-9,13-14H,10-12H2,1-2H3,(H,23,27)(H,25,28). The fraction of sp³-hybridized carbons (Fsp3) is 0.238. The molecule has 1 aromatic heterocycles. The molecule has 8 nitrogen and oxygen atoms in total. The van der Waals surface area contributed by atoms with Crippen LogP contribution in [0.15, 0.2) is 55.1 Å². The van der Waals surface area contributed by atoms with Crippen molar-refractivity contribution in [2.45, 2.75) is 20.3 Å². The van der Waals surface area contributed by atoms with Crippen LogP contribution in [-0.2, 0) is 9.59 Å². The molecule has 0 aliphatic heterocycles. The summed E-state index contributed by atoms with van der Waals surface area (Å²) < 4.78 is 7.33. The minimum absolute atomic E-state index is 0.104. The monoisotopic (exact) mass is 393 g/mol. The third-order valence-corrected chi connectivity index (χ3v) is 4.26. The summed E-state index contributed by atoms with van der Waals surface area (Å²) in [4.78, 5) is 27.9. The molecule has 0 fully saturated rings. The molecule has 29 heavy (non-hydrogen) atoms. The summed E-state index contributed by atoms with van der Waals surface area (Å²) in [5.74, 6) is 0.253. The number of aryl methyl sites for hydroxylation is 2. The number of amides is 2. The maximum Gasteiger partial charge on any atom is 0.243 e. The number of aromatic nitrogens is 3. The number of hydrogen-bond acceptors (Lipinski definition) is 5. The van der Waals surface area contributed by atoms with E-state index in [1.165, 1.54) is 6.33 Å². The Morgan fingerprint density at radius 2 is 1.76 bits per heavy atom. The van der Waals surface area contributed by atoms with Gasteiger partial charge in [-0.25, -0.2) is 9.67 Å². The van der Waals surface area contributed by atoms with Crippen LogP contribution in [0, 0.1) is 13.8 Å². The number of para-hydroxylation sites is 1. The second-order valence-electron chi connectivity index (χ2n) is 6.53. The molecule has 0 aliphatic rings. The smallest absolute Gasteiger partial charge is 0.243 e. The molecule has 0 radical (unpaired) electrons. The van der Waals surface area contributed by atoms with E-state index < -0.39 is 0 Å².